The zero-order valence-electron chi connectivity index (χ0n) is 11.3. The Morgan fingerprint density at radius 3 is 3.05 bits per heavy atom. The van der Waals surface area contributed by atoms with Crippen molar-refractivity contribution in [3.63, 3.8) is 0 Å². The first kappa shape index (κ1) is 16.2. The Balaban J connectivity index is 1.79. The molecule has 1 aromatic heterocycles. The van der Waals surface area contributed by atoms with E-state index in [1.807, 2.05) is 0 Å². The first-order valence-electron chi connectivity index (χ1n) is 6.70. The van der Waals surface area contributed by atoms with Crippen LogP contribution in [0, 0.1) is 0 Å². The molecule has 1 aliphatic heterocycles. The van der Waals surface area contributed by atoms with Crippen molar-refractivity contribution < 1.29 is 18.0 Å². The van der Waals surface area contributed by atoms with Gasteiger partial charge in [0, 0.05) is 25.0 Å². The molecule has 0 saturated carbocycles. The molecule has 0 bridgehead atoms. The second kappa shape index (κ2) is 7.17. The van der Waals surface area contributed by atoms with Gasteiger partial charge in [-0.2, -0.15) is 18.3 Å². The summed E-state index contributed by atoms with van der Waals surface area (Å²) in [7, 11) is 0. The van der Waals surface area contributed by atoms with Crippen molar-refractivity contribution in [2.75, 3.05) is 25.4 Å². The van der Waals surface area contributed by atoms with Gasteiger partial charge < -0.3 is 10.6 Å². The molecule has 1 aliphatic rings. The fourth-order valence-electron chi connectivity index (χ4n) is 2.14. The number of nitrogens with zero attached hydrogens (tertiary/aromatic N) is 2. The highest BCUT2D eigenvalue weighted by atomic mass is 32.2. The van der Waals surface area contributed by atoms with Gasteiger partial charge in [-0.15, -0.1) is 0 Å². The van der Waals surface area contributed by atoms with E-state index < -0.39 is 11.4 Å². The third-order valence-electron chi connectivity index (χ3n) is 3.14. The van der Waals surface area contributed by atoms with Crippen molar-refractivity contribution in [1.82, 2.24) is 20.4 Å². The van der Waals surface area contributed by atoms with Gasteiger partial charge in [0.1, 0.15) is 5.69 Å². The van der Waals surface area contributed by atoms with E-state index >= 15 is 0 Å². The number of piperidine rings is 1. The number of alkyl halides is 3. The Hall–Kier alpha value is -1.22. The Bertz CT molecular complexity index is 471. The molecule has 0 spiro atoms. The fourth-order valence-corrected chi connectivity index (χ4v) is 2.58. The number of carbonyl (C=O) groups is 1. The number of carbonyl (C=O) groups excluding carboxylic acids is 1. The first-order chi connectivity index (χ1) is 9.96. The summed E-state index contributed by atoms with van der Waals surface area (Å²) in [6, 6.07) is 1.81. The molecule has 118 valence electrons. The van der Waals surface area contributed by atoms with Crippen LogP contribution in [0.3, 0.4) is 0 Å². The van der Waals surface area contributed by atoms with E-state index in [4.69, 9.17) is 0 Å². The molecule has 2 rings (SSSR count). The molecule has 9 heteroatoms. The van der Waals surface area contributed by atoms with Crippen LogP contribution < -0.4 is 10.6 Å². The predicted octanol–water partition coefficient (Wildman–Crippen LogP) is 1.79. The van der Waals surface area contributed by atoms with Crippen molar-refractivity contribution in [3.05, 3.63) is 18.0 Å². The van der Waals surface area contributed by atoms with Crippen molar-refractivity contribution in [1.29, 1.82) is 0 Å². The second-order valence-corrected chi connectivity index (χ2v) is 5.89. The van der Waals surface area contributed by atoms with Crippen LogP contribution in [0.2, 0.25) is 0 Å². The number of hydrogen-bond donors (Lipinski definition) is 2. The van der Waals surface area contributed by atoms with Gasteiger partial charge in [-0.3, -0.25) is 9.48 Å². The number of rotatable bonds is 5. The lowest BCUT2D eigenvalue weighted by Gasteiger charge is -2.22. The number of hydrogen-bond acceptors (Lipinski definition) is 4. The fraction of sp³-hybridized carbons (Fsp3) is 0.667. The molecule has 2 heterocycles. The summed E-state index contributed by atoms with van der Waals surface area (Å²) in [5.41, 5.74) is -4.03. The predicted molar refractivity (Wildman–Crippen MR) is 74.2 cm³/mol. The van der Waals surface area contributed by atoms with Gasteiger partial charge in [0.2, 0.25) is 0 Å². The van der Waals surface area contributed by atoms with Gasteiger partial charge >= 0.3 is 5.51 Å². The van der Waals surface area contributed by atoms with E-state index in [9.17, 15) is 18.0 Å². The Kier molecular flexibility index (Phi) is 5.51. The van der Waals surface area contributed by atoms with Crippen LogP contribution in [-0.2, 0) is 0 Å². The van der Waals surface area contributed by atoms with Crippen molar-refractivity contribution in [2.45, 2.75) is 24.4 Å². The lowest BCUT2D eigenvalue weighted by atomic mass is 10.1. The lowest BCUT2D eigenvalue weighted by Crippen LogP contribution is -2.32. The summed E-state index contributed by atoms with van der Waals surface area (Å²) < 4.78 is 37.6. The molecule has 5 nitrogen and oxygen atoms in total. The normalized spacial score (nSPS) is 19.5. The number of aromatic nitrogens is 2. The molecule has 0 aromatic carbocycles. The van der Waals surface area contributed by atoms with E-state index in [0.717, 1.165) is 25.9 Å². The van der Waals surface area contributed by atoms with Crippen molar-refractivity contribution in [2.24, 2.45) is 0 Å². The molecule has 1 saturated heterocycles. The summed E-state index contributed by atoms with van der Waals surface area (Å²) in [6.45, 7) is 1.76. The molecular weight excluding hydrogens is 305 g/mol. The highest BCUT2D eigenvalue weighted by Gasteiger charge is 2.27. The summed E-state index contributed by atoms with van der Waals surface area (Å²) >= 11 is -0.150. The maximum Gasteiger partial charge on any atom is 0.441 e. The zero-order valence-corrected chi connectivity index (χ0v) is 12.1. The largest absolute Gasteiger partial charge is 0.441 e. The Morgan fingerprint density at radius 1 is 1.57 bits per heavy atom. The maximum absolute atomic E-state index is 11.9. The van der Waals surface area contributed by atoms with Gasteiger partial charge in [-0.25, -0.2) is 0 Å². The van der Waals surface area contributed by atoms with E-state index in [-0.39, 0.29) is 35.8 Å². The number of halogens is 3. The lowest BCUT2D eigenvalue weighted by molar-refractivity contribution is -0.0327. The number of thioether (sulfide) groups is 1. The summed E-state index contributed by atoms with van der Waals surface area (Å²) in [5, 5.41) is 9.89. The molecule has 1 atom stereocenters. The first-order valence-corrected chi connectivity index (χ1v) is 7.69. The summed E-state index contributed by atoms with van der Waals surface area (Å²) in [4.78, 5) is 11.8. The molecule has 1 fully saturated rings. The summed E-state index contributed by atoms with van der Waals surface area (Å²) in [5.74, 6) is -0.650. The second-order valence-electron chi connectivity index (χ2n) is 4.73. The minimum atomic E-state index is -4.26. The van der Waals surface area contributed by atoms with Gasteiger partial charge in [0.05, 0.1) is 6.04 Å². The highest BCUT2D eigenvalue weighted by molar-refractivity contribution is 8.00. The van der Waals surface area contributed by atoms with E-state index in [0.29, 0.717) is 0 Å². The molecule has 0 radical (unpaired) electrons. The maximum atomic E-state index is 11.9. The third-order valence-corrected chi connectivity index (χ3v) is 3.87. The third kappa shape index (κ3) is 5.24. The summed E-state index contributed by atoms with van der Waals surface area (Å²) in [6.07, 6.45) is 3.79. The van der Waals surface area contributed by atoms with Crippen LogP contribution >= 0.6 is 11.8 Å². The van der Waals surface area contributed by atoms with Crippen LogP contribution in [0.15, 0.2) is 12.3 Å². The van der Waals surface area contributed by atoms with Crippen LogP contribution in [0.4, 0.5) is 13.2 Å². The minimum Gasteiger partial charge on any atom is -0.350 e. The van der Waals surface area contributed by atoms with Gasteiger partial charge in [0.15, 0.2) is 0 Å². The van der Waals surface area contributed by atoms with Crippen LogP contribution in [0.5, 0.6) is 0 Å². The molecule has 1 aromatic rings. The number of amides is 1. The zero-order chi connectivity index (χ0) is 15.3. The van der Waals surface area contributed by atoms with Gasteiger partial charge in [-0.05, 0) is 37.2 Å². The van der Waals surface area contributed by atoms with Gasteiger partial charge in [0.25, 0.3) is 5.91 Å². The SMILES string of the molecule is O=C(NCCSC(F)(F)F)c1ccn(C2CCCNC2)n1. The van der Waals surface area contributed by atoms with Crippen LogP contribution in [0.1, 0.15) is 29.4 Å². The van der Waals surface area contributed by atoms with Gasteiger partial charge in [-0.1, -0.05) is 0 Å². The molecule has 21 heavy (non-hydrogen) atoms. The minimum absolute atomic E-state index is 0.0408. The molecular formula is C12H17F3N4OS. The van der Waals surface area contributed by atoms with E-state index in [1.165, 1.54) is 0 Å². The standard InChI is InChI=1S/C12H17F3N4OS/c13-12(14,15)21-7-5-17-11(20)10-3-6-19(18-10)9-2-1-4-16-8-9/h3,6,9,16H,1-2,4-5,7-8H2,(H,17,20). The molecule has 2 N–H and O–H groups in total. The van der Waals surface area contributed by atoms with Crippen molar-refractivity contribution in [3.8, 4) is 0 Å². The molecule has 1 unspecified atom stereocenters. The number of nitrogens with one attached hydrogen (secondary N) is 2. The average Bonchev–Trinajstić information content (AvgIpc) is 2.93. The van der Waals surface area contributed by atoms with E-state index in [2.05, 4.69) is 15.7 Å². The van der Waals surface area contributed by atoms with Crippen molar-refractivity contribution >= 4 is 17.7 Å². The molecule has 1 amide bonds. The topological polar surface area (TPSA) is 59.0 Å². The average molecular weight is 322 g/mol. The smallest absolute Gasteiger partial charge is 0.350 e. The van der Waals surface area contributed by atoms with Crippen LogP contribution in [0.25, 0.3) is 0 Å². The van der Waals surface area contributed by atoms with Crippen LogP contribution in [-0.4, -0.2) is 46.6 Å². The van der Waals surface area contributed by atoms with E-state index in [1.54, 1.807) is 16.9 Å². The quantitative estimate of drug-likeness (QED) is 0.812. The monoisotopic (exact) mass is 322 g/mol. The molecule has 0 aliphatic carbocycles. The Labute approximate surface area is 124 Å². The highest BCUT2D eigenvalue weighted by Crippen LogP contribution is 2.29. The Morgan fingerprint density at radius 2 is 2.38 bits per heavy atom.